The molecule has 1 rings (SSSR count). The molecule has 0 aliphatic carbocycles. The third-order valence-corrected chi connectivity index (χ3v) is 2.37. The maximum atomic E-state index is 10.8. The smallest absolute Gasteiger partial charge is 0.238 e. The minimum absolute atomic E-state index is 0.119. The van der Waals surface area contributed by atoms with Gasteiger partial charge in [0.25, 0.3) is 0 Å². The van der Waals surface area contributed by atoms with Crippen molar-refractivity contribution in [1.82, 2.24) is 0 Å². The third-order valence-electron chi connectivity index (χ3n) is 1.44. The highest BCUT2D eigenvalue weighted by atomic mass is 32.2. The van der Waals surface area contributed by atoms with Crippen LogP contribution in [0.2, 0.25) is 0 Å². The van der Waals surface area contributed by atoms with E-state index in [1.807, 2.05) is 0 Å². The molecule has 5 heteroatoms. The Bertz CT molecular complexity index is 355. The average molecular weight is 186 g/mol. The molecular formula is C7H10N2O2S. The van der Waals surface area contributed by atoms with Gasteiger partial charge in [-0.1, -0.05) is 0 Å². The molecule has 0 radical (unpaired) electrons. The fourth-order valence-electron chi connectivity index (χ4n) is 0.794. The first-order valence-electron chi connectivity index (χ1n) is 3.29. The second-order valence-electron chi connectivity index (χ2n) is 2.32. The quantitative estimate of drug-likeness (QED) is 0.474. The summed E-state index contributed by atoms with van der Waals surface area (Å²) in [6.07, 6.45) is 0. The molecule has 1 aromatic rings. The van der Waals surface area contributed by atoms with Crippen molar-refractivity contribution in [3.63, 3.8) is 0 Å². The van der Waals surface area contributed by atoms with Crippen LogP contribution in [0.3, 0.4) is 0 Å². The molecule has 4 nitrogen and oxygen atoms in total. The predicted molar refractivity (Wildman–Crippen MR) is 44.8 cm³/mol. The van der Waals surface area contributed by atoms with E-state index in [4.69, 9.17) is 5.14 Å². The van der Waals surface area contributed by atoms with E-state index in [0.717, 1.165) is 5.69 Å². The van der Waals surface area contributed by atoms with Gasteiger partial charge in [-0.3, -0.25) is 0 Å². The van der Waals surface area contributed by atoms with Gasteiger partial charge in [-0.25, -0.2) is 13.6 Å². The number of primary sulfonamides is 1. The summed E-state index contributed by atoms with van der Waals surface area (Å²) in [5.41, 5.74) is 0.863. The van der Waals surface area contributed by atoms with Crippen molar-refractivity contribution in [1.29, 1.82) is 0 Å². The maximum absolute atomic E-state index is 10.8. The number of rotatable bonds is 2. The molecule has 0 aliphatic heterocycles. The van der Waals surface area contributed by atoms with Gasteiger partial charge < -0.3 is 5.32 Å². The zero-order valence-electron chi connectivity index (χ0n) is 6.40. The number of nitrogens with two attached hydrogens (primary N) is 2. The van der Waals surface area contributed by atoms with Crippen LogP contribution in [0.15, 0.2) is 29.2 Å². The average Bonchev–Trinajstić information content (AvgIpc) is 2.03. The van der Waals surface area contributed by atoms with E-state index in [2.05, 4.69) is 7.05 Å². The van der Waals surface area contributed by atoms with Crippen LogP contribution in [-0.2, 0) is 10.0 Å². The lowest BCUT2D eigenvalue weighted by Crippen LogP contribution is -2.69. The van der Waals surface area contributed by atoms with Crippen molar-refractivity contribution in [3.8, 4) is 0 Å². The van der Waals surface area contributed by atoms with Crippen LogP contribution in [0.25, 0.3) is 0 Å². The van der Waals surface area contributed by atoms with Gasteiger partial charge >= 0.3 is 0 Å². The highest BCUT2D eigenvalue weighted by Crippen LogP contribution is 2.08. The van der Waals surface area contributed by atoms with E-state index >= 15 is 0 Å². The Morgan fingerprint density at radius 1 is 1.25 bits per heavy atom. The Balaban J connectivity index is 3.09. The second kappa shape index (κ2) is 3.22. The molecule has 0 amide bonds. The second-order valence-corrected chi connectivity index (χ2v) is 3.88. The molecule has 0 unspecified atom stereocenters. The number of hydrogen-bond donors (Lipinski definition) is 2. The van der Waals surface area contributed by atoms with Crippen molar-refractivity contribution >= 4 is 15.7 Å². The van der Waals surface area contributed by atoms with E-state index in [-0.39, 0.29) is 4.90 Å². The van der Waals surface area contributed by atoms with Crippen LogP contribution < -0.4 is 10.5 Å². The third kappa shape index (κ3) is 2.04. The van der Waals surface area contributed by atoms with Crippen LogP contribution in [-0.4, -0.2) is 8.42 Å². The van der Waals surface area contributed by atoms with Crippen LogP contribution >= 0.6 is 0 Å². The van der Waals surface area contributed by atoms with Gasteiger partial charge in [-0.2, -0.15) is 0 Å². The van der Waals surface area contributed by atoms with Gasteiger partial charge in [0, 0.05) is 0 Å². The molecule has 0 bridgehead atoms. The zero-order valence-corrected chi connectivity index (χ0v) is 7.21. The van der Waals surface area contributed by atoms with Crippen molar-refractivity contribution in [2.45, 2.75) is 4.90 Å². The van der Waals surface area contributed by atoms with Gasteiger partial charge in [-0.05, 0) is 24.3 Å². The minimum atomic E-state index is -3.56. The Labute approximate surface area is 71.4 Å². The number of quaternary nitrogens is 1. The summed E-state index contributed by atoms with van der Waals surface area (Å²) in [5, 5.41) is 6.53. The Morgan fingerprint density at radius 2 is 1.75 bits per heavy atom. The largest absolute Gasteiger partial charge is 0.446 e. The van der Waals surface area contributed by atoms with Crippen LogP contribution in [0.5, 0.6) is 0 Å². The molecule has 1 aromatic carbocycles. The van der Waals surface area contributed by atoms with Crippen LogP contribution in [0.4, 0.5) is 5.69 Å². The Hall–Kier alpha value is -0.910. The molecule has 0 saturated heterocycles. The fourth-order valence-corrected chi connectivity index (χ4v) is 1.31. The minimum Gasteiger partial charge on any atom is -0.446 e. The van der Waals surface area contributed by atoms with Crippen molar-refractivity contribution < 1.29 is 13.7 Å². The fraction of sp³-hybridized carbons (Fsp3) is 0. The predicted octanol–water partition coefficient (Wildman–Crippen LogP) is -0.680. The van der Waals surface area contributed by atoms with Crippen LogP contribution in [0.1, 0.15) is 0 Å². The summed E-state index contributed by atoms with van der Waals surface area (Å²) < 4.78 is 21.6. The first-order valence-corrected chi connectivity index (χ1v) is 4.84. The molecule has 12 heavy (non-hydrogen) atoms. The number of benzene rings is 1. The molecule has 0 spiro atoms. The standard InChI is InChI=1S/C7H10N2O2S/c1-9-6-2-4-7(5-3-6)12(8,10)11/h2-5H,1,9H2,(H2,8,10,11). The monoisotopic (exact) mass is 186 g/mol. The summed E-state index contributed by atoms with van der Waals surface area (Å²) in [4.78, 5) is 0.119. The van der Waals surface area contributed by atoms with E-state index in [1.165, 1.54) is 12.1 Å². The zero-order chi connectivity index (χ0) is 9.19. The first kappa shape index (κ1) is 9.18. The summed E-state index contributed by atoms with van der Waals surface area (Å²) in [7, 11) is -0.0200. The van der Waals surface area contributed by atoms with Gasteiger partial charge in [0.05, 0.1) is 4.90 Å². The summed E-state index contributed by atoms with van der Waals surface area (Å²) in [5.74, 6) is 0. The molecule has 0 atom stereocenters. The molecule has 0 aliphatic rings. The van der Waals surface area contributed by atoms with Crippen LogP contribution in [0, 0.1) is 7.05 Å². The van der Waals surface area contributed by atoms with Gasteiger partial charge in [-0.15, -0.1) is 7.05 Å². The van der Waals surface area contributed by atoms with Crippen molar-refractivity contribution in [3.05, 3.63) is 31.3 Å². The molecule has 4 N–H and O–H groups in total. The van der Waals surface area contributed by atoms with E-state index in [0.29, 0.717) is 0 Å². The SMILES string of the molecule is [CH2-][NH2+]c1ccc(S(N)(=O)=O)cc1. The Kier molecular flexibility index (Phi) is 2.46. The molecule has 66 valence electrons. The van der Waals surface area contributed by atoms with E-state index < -0.39 is 10.0 Å². The number of hydrogen-bond acceptors (Lipinski definition) is 2. The highest BCUT2D eigenvalue weighted by Gasteiger charge is 2.05. The topological polar surface area (TPSA) is 76.8 Å². The molecular weight excluding hydrogens is 176 g/mol. The highest BCUT2D eigenvalue weighted by molar-refractivity contribution is 7.89. The van der Waals surface area contributed by atoms with Crippen molar-refractivity contribution in [2.75, 3.05) is 0 Å². The molecule has 0 aromatic heterocycles. The molecule has 0 saturated carbocycles. The summed E-state index contributed by atoms with van der Waals surface area (Å²) in [6.45, 7) is 0. The molecule has 0 fully saturated rings. The lowest BCUT2D eigenvalue weighted by molar-refractivity contribution is -0.504. The van der Waals surface area contributed by atoms with Gasteiger partial charge in [0.15, 0.2) is 0 Å². The van der Waals surface area contributed by atoms with E-state index in [1.54, 1.807) is 17.4 Å². The Morgan fingerprint density at radius 3 is 2.08 bits per heavy atom. The maximum Gasteiger partial charge on any atom is 0.238 e. The van der Waals surface area contributed by atoms with Gasteiger partial charge in [0.1, 0.15) is 5.69 Å². The summed E-state index contributed by atoms with van der Waals surface area (Å²) >= 11 is 0. The van der Waals surface area contributed by atoms with E-state index in [9.17, 15) is 8.42 Å². The summed E-state index contributed by atoms with van der Waals surface area (Å²) in [6, 6.07) is 6.19. The van der Waals surface area contributed by atoms with Gasteiger partial charge in [0.2, 0.25) is 10.0 Å². The molecule has 0 heterocycles. The normalized spacial score (nSPS) is 11.5. The first-order chi connectivity index (χ1) is 5.54. The van der Waals surface area contributed by atoms with Crippen molar-refractivity contribution in [2.24, 2.45) is 5.14 Å². The number of sulfonamides is 1. The lowest BCUT2D eigenvalue weighted by Gasteiger charge is -2.00. The lowest BCUT2D eigenvalue weighted by atomic mass is 10.3.